The second-order valence-electron chi connectivity index (χ2n) is 6.72. The fraction of sp³-hybridized carbons (Fsp3) is 0.0833. The zero-order chi connectivity index (χ0) is 19.7. The van der Waals surface area contributed by atoms with E-state index in [1.165, 1.54) is 4.90 Å². The summed E-state index contributed by atoms with van der Waals surface area (Å²) in [5.41, 5.74) is 3.86. The predicted octanol–water partition coefficient (Wildman–Crippen LogP) is 4.42. The van der Waals surface area contributed by atoms with Gasteiger partial charge in [-0.25, -0.2) is 4.90 Å². The van der Waals surface area contributed by atoms with Crippen LogP contribution in [0.15, 0.2) is 90.6 Å². The summed E-state index contributed by atoms with van der Waals surface area (Å²) < 4.78 is 0. The Balaban J connectivity index is 1.90. The van der Waals surface area contributed by atoms with Crippen LogP contribution in [0.3, 0.4) is 0 Å². The molecule has 0 atom stereocenters. The fourth-order valence-corrected chi connectivity index (χ4v) is 3.51. The maximum atomic E-state index is 13.5. The van der Waals surface area contributed by atoms with Gasteiger partial charge in [0.2, 0.25) is 0 Å². The van der Waals surface area contributed by atoms with E-state index in [9.17, 15) is 9.59 Å². The molecule has 0 unspecified atom stereocenters. The first kappa shape index (κ1) is 17.7. The van der Waals surface area contributed by atoms with Crippen LogP contribution in [0, 0.1) is 6.92 Å². The number of rotatable bonds is 4. The van der Waals surface area contributed by atoms with Gasteiger partial charge in [-0.15, -0.1) is 0 Å². The summed E-state index contributed by atoms with van der Waals surface area (Å²) in [5.74, 6) is -0.618. The van der Waals surface area contributed by atoms with Crippen LogP contribution < -0.4 is 9.80 Å². The Hall–Kier alpha value is -3.66. The van der Waals surface area contributed by atoms with Gasteiger partial charge in [-0.2, -0.15) is 0 Å². The molecule has 4 nitrogen and oxygen atoms in total. The van der Waals surface area contributed by atoms with E-state index in [0.717, 1.165) is 16.8 Å². The molecule has 1 aliphatic rings. The molecule has 2 amide bonds. The third kappa shape index (κ3) is 2.89. The summed E-state index contributed by atoms with van der Waals surface area (Å²) in [5, 5.41) is 0. The van der Waals surface area contributed by atoms with Crippen molar-refractivity contribution in [2.45, 2.75) is 6.92 Å². The summed E-state index contributed by atoms with van der Waals surface area (Å²) in [6, 6.07) is 26.4. The van der Waals surface area contributed by atoms with Crippen LogP contribution in [0.1, 0.15) is 11.1 Å². The second kappa shape index (κ2) is 7.16. The van der Waals surface area contributed by atoms with Crippen molar-refractivity contribution in [1.82, 2.24) is 0 Å². The number of carbonyl (C=O) groups excluding carboxylic acids is 2. The lowest BCUT2D eigenvalue weighted by Crippen LogP contribution is -2.34. The predicted molar refractivity (Wildman–Crippen MR) is 112 cm³/mol. The molecule has 1 heterocycles. The van der Waals surface area contributed by atoms with Gasteiger partial charge in [0.1, 0.15) is 5.70 Å². The summed E-state index contributed by atoms with van der Waals surface area (Å²) in [6.07, 6.45) is 0. The molecule has 28 heavy (non-hydrogen) atoms. The van der Waals surface area contributed by atoms with Gasteiger partial charge >= 0.3 is 0 Å². The monoisotopic (exact) mass is 368 g/mol. The van der Waals surface area contributed by atoms with Gasteiger partial charge in [0, 0.05) is 12.7 Å². The lowest BCUT2D eigenvalue weighted by molar-refractivity contribution is -0.120. The standard InChI is InChI=1S/C24H20N2O2/c1-17-11-9-10-16-20(17)26-23(27)21(18-12-5-3-6-13-18)22(24(26)28)25(2)19-14-7-4-8-15-19/h3-16H,1-2H3. The molecule has 0 radical (unpaired) electrons. The van der Waals surface area contributed by atoms with Crippen LogP contribution >= 0.6 is 0 Å². The Labute approximate surface area is 164 Å². The highest BCUT2D eigenvalue weighted by Gasteiger charge is 2.42. The number of hydrogen-bond donors (Lipinski definition) is 0. The van der Waals surface area contributed by atoms with E-state index in [2.05, 4.69) is 0 Å². The van der Waals surface area contributed by atoms with E-state index in [4.69, 9.17) is 0 Å². The highest BCUT2D eigenvalue weighted by molar-refractivity contribution is 6.46. The molecule has 0 saturated heterocycles. The largest absolute Gasteiger partial charge is 0.339 e. The Kier molecular flexibility index (Phi) is 4.53. The van der Waals surface area contributed by atoms with Gasteiger partial charge in [-0.1, -0.05) is 66.7 Å². The Morgan fingerprint density at radius 2 is 1.29 bits per heavy atom. The van der Waals surface area contributed by atoms with Crippen molar-refractivity contribution in [1.29, 1.82) is 0 Å². The van der Waals surface area contributed by atoms with E-state index < -0.39 is 0 Å². The van der Waals surface area contributed by atoms with Crippen molar-refractivity contribution < 1.29 is 9.59 Å². The van der Waals surface area contributed by atoms with Crippen LogP contribution in [-0.4, -0.2) is 18.9 Å². The molecule has 1 aliphatic heterocycles. The van der Waals surface area contributed by atoms with Gasteiger partial charge in [-0.3, -0.25) is 9.59 Å². The number of para-hydroxylation sites is 2. The van der Waals surface area contributed by atoms with Crippen LogP contribution in [-0.2, 0) is 9.59 Å². The van der Waals surface area contributed by atoms with E-state index >= 15 is 0 Å². The van der Waals surface area contributed by atoms with Crippen LogP contribution in [0.25, 0.3) is 5.57 Å². The molecule has 0 bridgehead atoms. The summed E-state index contributed by atoms with van der Waals surface area (Å²) >= 11 is 0. The van der Waals surface area contributed by atoms with E-state index in [1.54, 1.807) is 11.0 Å². The van der Waals surface area contributed by atoms with Crippen LogP contribution in [0.2, 0.25) is 0 Å². The number of carbonyl (C=O) groups is 2. The maximum absolute atomic E-state index is 13.5. The van der Waals surface area contributed by atoms with Crippen molar-refractivity contribution >= 4 is 28.8 Å². The normalized spacial score (nSPS) is 14.0. The molecule has 0 spiro atoms. The number of aryl methyl sites for hydroxylation is 1. The molecule has 138 valence electrons. The molecule has 0 aromatic heterocycles. The number of nitrogens with zero attached hydrogens (tertiary/aromatic N) is 2. The minimum absolute atomic E-state index is 0.303. The molecule has 0 fully saturated rings. The molecule has 0 saturated carbocycles. The highest BCUT2D eigenvalue weighted by Crippen LogP contribution is 2.36. The van der Waals surface area contributed by atoms with Crippen molar-refractivity contribution in [2.75, 3.05) is 16.8 Å². The van der Waals surface area contributed by atoms with Gasteiger partial charge < -0.3 is 4.90 Å². The number of benzene rings is 3. The van der Waals surface area contributed by atoms with Gasteiger partial charge in [0.15, 0.2) is 0 Å². The molecule has 0 aliphatic carbocycles. The third-order valence-electron chi connectivity index (χ3n) is 4.96. The maximum Gasteiger partial charge on any atom is 0.282 e. The lowest BCUT2D eigenvalue weighted by Gasteiger charge is -2.22. The van der Waals surface area contributed by atoms with Crippen molar-refractivity contribution in [3.63, 3.8) is 0 Å². The Morgan fingerprint density at radius 3 is 1.93 bits per heavy atom. The third-order valence-corrected chi connectivity index (χ3v) is 4.96. The molecule has 0 N–H and O–H groups in total. The number of anilines is 2. The van der Waals surface area contributed by atoms with Crippen LogP contribution in [0.5, 0.6) is 0 Å². The molecular formula is C24H20N2O2. The first-order valence-electron chi connectivity index (χ1n) is 9.12. The van der Waals surface area contributed by atoms with Gasteiger partial charge in [-0.05, 0) is 36.2 Å². The minimum atomic E-state index is -0.315. The zero-order valence-electron chi connectivity index (χ0n) is 15.8. The SMILES string of the molecule is Cc1ccccc1N1C(=O)C(c2ccccc2)=C(N(C)c2ccccc2)C1=O. The molecule has 4 heteroatoms. The average molecular weight is 368 g/mol. The van der Waals surface area contributed by atoms with E-state index in [-0.39, 0.29) is 11.8 Å². The van der Waals surface area contributed by atoms with Crippen molar-refractivity contribution in [3.05, 3.63) is 102 Å². The Morgan fingerprint density at radius 1 is 0.714 bits per heavy atom. The molecule has 3 aromatic carbocycles. The van der Waals surface area contributed by atoms with E-state index in [0.29, 0.717) is 17.0 Å². The van der Waals surface area contributed by atoms with Gasteiger partial charge in [0.05, 0.1) is 11.3 Å². The van der Waals surface area contributed by atoms with Gasteiger partial charge in [0.25, 0.3) is 11.8 Å². The summed E-state index contributed by atoms with van der Waals surface area (Å²) in [6.45, 7) is 1.90. The average Bonchev–Trinajstić information content (AvgIpc) is 2.99. The number of hydrogen-bond acceptors (Lipinski definition) is 3. The number of amides is 2. The van der Waals surface area contributed by atoms with Crippen molar-refractivity contribution in [2.24, 2.45) is 0 Å². The molecule has 4 rings (SSSR count). The zero-order valence-corrected chi connectivity index (χ0v) is 15.8. The topological polar surface area (TPSA) is 40.6 Å². The first-order valence-corrected chi connectivity index (χ1v) is 9.12. The minimum Gasteiger partial charge on any atom is -0.339 e. The quantitative estimate of drug-likeness (QED) is 0.640. The molecule has 3 aromatic rings. The smallest absolute Gasteiger partial charge is 0.282 e. The number of imide groups is 1. The second-order valence-corrected chi connectivity index (χ2v) is 6.72. The lowest BCUT2D eigenvalue weighted by atomic mass is 10.0. The first-order chi connectivity index (χ1) is 13.6. The van der Waals surface area contributed by atoms with Crippen molar-refractivity contribution in [3.8, 4) is 0 Å². The summed E-state index contributed by atoms with van der Waals surface area (Å²) in [7, 11) is 1.82. The highest BCUT2D eigenvalue weighted by atomic mass is 16.2. The molecular weight excluding hydrogens is 348 g/mol. The fourth-order valence-electron chi connectivity index (χ4n) is 3.51. The number of likely N-dealkylation sites (N-methyl/N-ethyl adjacent to an activating group) is 1. The van der Waals surface area contributed by atoms with Crippen LogP contribution in [0.4, 0.5) is 11.4 Å². The van der Waals surface area contributed by atoms with E-state index in [1.807, 2.05) is 92.8 Å². The summed E-state index contributed by atoms with van der Waals surface area (Å²) in [4.78, 5) is 30.0. The Bertz CT molecular complexity index is 1070.